The third-order valence-electron chi connectivity index (χ3n) is 1.81. The van der Waals surface area contributed by atoms with E-state index >= 15 is 0 Å². The monoisotopic (exact) mass is 226 g/mol. The highest BCUT2D eigenvalue weighted by Crippen LogP contribution is 2.27. The molecule has 0 aliphatic rings. The first kappa shape index (κ1) is 11.6. The SMILES string of the molecule is COc1ccc(/C=C\C(=O)Cl)cc1OC. The Kier molecular flexibility index (Phi) is 4.18. The van der Waals surface area contributed by atoms with E-state index in [-0.39, 0.29) is 0 Å². The zero-order valence-electron chi connectivity index (χ0n) is 8.49. The summed E-state index contributed by atoms with van der Waals surface area (Å²) in [5.74, 6) is 1.26. The van der Waals surface area contributed by atoms with Crippen LogP contribution in [0.25, 0.3) is 6.08 Å². The minimum atomic E-state index is -0.509. The third kappa shape index (κ3) is 3.29. The van der Waals surface area contributed by atoms with Crippen molar-refractivity contribution >= 4 is 22.9 Å². The second kappa shape index (κ2) is 5.41. The Morgan fingerprint density at radius 2 is 1.93 bits per heavy atom. The largest absolute Gasteiger partial charge is 0.493 e. The molecule has 0 unspecified atom stereocenters. The predicted molar refractivity (Wildman–Crippen MR) is 59.4 cm³/mol. The summed E-state index contributed by atoms with van der Waals surface area (Å²) in [5, 5.41) is -0.509. The highest BCUT2D eigenvalue weighted by atomic mass is 35.5. The Bertz CT molecular complexity index is 385. The minimum Gasteiger partial charge on any atom is -0.493 e. The molecular formula is C11H11ClO3. The molecule has 0 saturated heterocycles. The summed E-state index contributed by atoms with van der Waals surface area (Å²) < 4.78 is 10.2. The average Bonchev–Trinajstić information content (AvgIpc) is 2.25. The van der Waals surface area contributed by atoms with Gasteiger partial charge in [-0.1, -0.05) is 12.1 Å². The Labute approximate surface area is 93.3 Å². The van der Waals surface area contributed by atoms with E-state index in [2.05, 4.69) is 0 Å². The first-order valence-corrected chi connectivity index (χ1v) is 4.64. The molecule has 1 aromatic rings. The fourth-order valence-electron chi connectivity index (χ4n) is 1.12. The van der Waals surface area contributed by atoms with Crippen LogP contribution >= 0.6 is 11.6 Å². The van der Waals surface area contributed by atoms with Crippen LogP contribution in [0.3, 0.4) is 0 Å². The van der Waals surface area contributed by atoms with Crippen LogP contribution in [0, 0.1) is 0 Å². The number of halogens is 1. The zero-order chi connectivity index (χ0) is 11.3. The van der Waals surface area contributed by atoms with E-state index in [0.29, 0.717) is 11.5 Å². The topological polar surface area (TPSA) is 35.5 Å². The van der Waals surface area contributed by atoms with Crippen LogP contribution in [0.5, 0.6) is 11.5 Å². The van der Waals surface area contributed by atoms with Crippen LogP contribution in [-0.4, -0.2) is 19.5 Å². The standard InChI is InChI=1S/C11H11ClO3/c1-14-9-5-3-8(4-6-11(12)13)7-10(9)15-2/h3-7H,1-2H3/b6-4-. The molecule has 0 atom stereocenters. The second-order valence-electron chi connectivity index (χ2n) is 2.75. The van der Waals surface area contributed by atoms with E-state index in [1.807, 2.05) is 0 Å². The van der Waals surface area contributed by atoms with E-state index in [9.17, 15) is 4.79 Å². The van der Waals surface area contributed by atoms with Crippen molar-refractivity contribution in [1.82, 2.24) is 0 Å². The molecule has 1 rings (SSSR count). The summed E-state index contributed by atoms with van der Waals surface area (Å²) in [6.45, 7) is 0. The molecule has 1 aromatic carbocycles. The number of rotatable bonds is 4. The summed E-state index contributed by atoms with van der Waals surface area (Å²) in [5.41, 5.74) is 0.821. The molecule has 15 heavy (non-hydrogen) atoms. The van der Waals surface area contributed by atoms with E-state index in [1.165, 1.54) is 6.08 Å². The molecule has 0 radical (unpaired) electrons. The van der Waals surface area contributed by atoms with Gasteiger partial charge >= 0.3 is 0 Å². The highest BCUT2D eigenvalue weighted by molar-refractivity contribution is 6.66. The van der Waals surface area contributed by atoms with E-state index in [0.717, 1.165) is 5.56 Å². The molecule has 0 amide bonds. The maximum atomic E-state index is 10.5. The minimum absolute atomic E-state index is 0.509. The van der Waals surface area contributed by atoms with Gasteiger partial charge < -0.3 is 9.47 Å². The maximum Gasteiger partial charge on any atom is 0.245 e. The molecular weight excluding hydrogens is 216 g/mol. The summed E-state index contributed by atoms with van der Waals surface area (Å²) in [4.78, 5) is 10.5. The van der Waals surface area contributed by atoms with Gasteiger partial charge in [-0.25, -0.2) is 0 Å². The molecule has 0 aromatic heterocycles. The summed E-state index contributed by atoms with van der Waals surface area (Å²) >= 11 is 5.18. The van der Waals surface area contributed by atoms with Crippen molar-refractivity contribution in [3.63, 3.8) is 0 Å². The van der Waals surface area contributed by atoms with Gasteiger partial charge in [0, 0.05) is 0 Å². The second-order valence-corrected chi connectivity index (χ2v) is 3.12. The fraction of sp³-hybridized carbons (Fsp3) is 0.182. The lowest BCUT2D eigenvalue weighted by molar-refractivity contribution is -0.107. The molecule has 80 valence electrons. The van der Waals surface area contributed by atoms with Crippen molar-refractivity contribution in [2.24, 2.45) is 0 Å². The molecule has 0 saturated carbocycles. The van der Waals surface area contributed by atoms with Gasteiger partial charge in [-0.15, -0.1) is 0 Å². The van der Waals surface area contributed by atoms with Crippen LogP contribution in [-0.2, 0) is 4.79 Å². The van der Waals surface area contributed by atoms with Crippen LogP contribution in [0.2, 0.25) is 0 Å². The van der Waals surface area contributed by atoms with E-state index in [1.54, 1.807) is 38.5 Å². The molecule has 4 heteroatoms. The van der Waals surface area contributed by atoms with Crippen LogP contribution in [0.1, 0.15) is 5.56 Å². The number of carbonyl (C=O) groups excluding carboxylic acids is 1. The van der Waals surface area contributed by atoms with Crippen molar-refractivity contribution in [1.29, 1.82) is 0 Å². The van der Waals surface area contributed by atoms with Gasteiger partial charge in [0.2, 0.25) is 5.24 Å². The van der Waals surface area contributed by atoms with Crippen molar-refractivity contribution in [3.8, 4) is 11.5 Å². The quantitative estimate of drug-likeness (QED) is 0.585. The smallest absolute Gasteiger partial charge is 0.245 e. The van der Waals surface area contributed by atoms with Crippen LogP contribution in [0.4, 0.5) is 0 Å². The number of benzene rings is 1. The zero-order valence-corrected chi connectivity index (χ0v) is 9.25. The van der Waals surface area contributed by atoms with Crippen LogP contribution < -0.4 is 9.47 Å². The van der Waals surface area contributed by atoms with Gasteiger partial charge in [0.05, 0.1) is 14.2 Å². The normalized spacial score (nSPS) is 10.3. The molecule has 3 nitrogen and oxygen atoms in total. The Hall–Kier alpha value is -1.48. The maximum absolute atomic E-state index is 10.5. The van der Waals surface area contributed by atoms with Gasteiger partial charge in [-0.3, -0.25) is 4.79 Å². The van der Waals surface area contributed by atoms with Gasteiger partial charge in [0.1, 0.15) is 0 Å². The highest BCUT2D eigenvalue weighted by Gasteiger charge is 2.02. The molecule has 0 fully saturated rings. The molecule has 0 aliphatic carbocycles. The van der Waals surface area contributed by atoms with Gasteiger partial charge in [-0.2, -0.15) is 0 Å². The summed E-state index contributed by atoms with van der Waals surface area (Å²) in [6.07, 6.45) is 2.89. The molecule has 0 N–H and O–H groups in total. The van der Waals surface area contributed by atoms with Gasteiger partial charge in [-0.05, 0) is 35.4 Å². The van der Waals surface area contributed by atoms with Crippen molar-refractivity contribution in [2.75, 3.05) is 14.2 Å². The third-order valence-corrected chi connectivity index (χ3v) is 1.94. The van der Waals surface area contributed by atoms with Crippen molar-refractivity contribution in [2.45, 2.75) is 0 Å². The van der Waals surface area contributed by atoms with E-state index < -0.39 is 5.24 Å². The Morgan fingerprint density at radius 3 is 2.47 bits per heavy atom. The van der Waals surface area contributed by atoms with Gasteiger partial charge in [0.15, 0.2) is 11.5 Å². The fourth-order valence-corrected chi connectivity index (χ4v) is 1.18. The predicted octanol–water partition coefficient (Wildman–Crippen LogP) is 2.48. The molecule has 0 aliphatic heterocycles. The summed E-state index contributed by atoms with van der Waals surface area (Å²) in [6, 6.07) is 5.32. The van der Waals surface area contributed by atoms with Crippen LogP contribution in [0.15, 0.2) is 24.3 Å². The molecule has 0 heterocycles. The first-order chi connectivity index (χ1) is 7.17. The number of allylic oxidation sites excluding steroid dienone is 1. The average molecular weight is 227 g/mol. The van der Waals surface area contributed by atoms with Crippen molar-refractivity contribution < 1.29 is 14.3 Å². The lowest BCUT2D eigenvalue weighted by Gasteiger charge is -2.07. The lowest BCUT2D eigenvalue weighted by atomic mass is 10.2. The van der Waals surface area contributed by atoms with Crippen molar-refractivity contribution in [3.05, 3.63) is 29.8 Å². The number of ether oxygens (including phenoxy) is 2. The lowest BCUT2D eigenvalue weighted by Crippen LogP contribution is -1.90. The Morgan fingerprint density at radius 1 is 1.27 bits per heavy atom. The Balaban J connectivity index is 2.97. The number of carbonyl (C=O) groups is 1. The van der Waals surface area contributed by atoms with Gasteiger partial charge in [0.25, 0.3) is 0 Å². The number of hydrogen-bond acceptors (Lipinski definition) is 3. The number of methoxy groups -OCH3 is 2. The van der Waals surface area contributed by atoms with E-state index in [4.69, 9.17) is 21.1 Å². The first-order valence-electron chi connectivity index (χ1n) is 4.27. The molecule has 0 bridgehead atoms. The molecule has 0 spiro atoms. The summed E-state index contributed by atoms with van der Waals surface area (Å²) in [7, 11) is 3.12. The number of hydrogen-bond donors (Lipinski definition) is 0.